The lowest BCUT2D eigenvalue weighted by Gasteiger charge is -2.49. The Balaban J connectivity index is 1.32. The maximum Gasteiger partial charge on any atom is 0.252 e. The van der Waals surface area contributed by atoms with Crippen molar-refractivity contribution in [2.45, 2.75) is 169 Å². The van der Waals surface area contributed by atoms with Gasteiger partial charge >= 0.3 is 0 Å². The van der Waals surface area contributed by atoms with E-state index in [1.165, 1.54) is 117 Å². The van der Waals surface area contributed by atoms with Crippen LogP contribution in [0.15, 0.2) is 127 Å². The molecule has 4 aliphatic rings. The predicted octanol–water partition coefficient (Wildman–Crippen LogP) is 16.6. The van der Waals surface area contributed by atoms with Crippen LogP contribution in [0.5, 0.6) is 0 Å². The molecule has 7 aromatic carbocycles. The van der Waals surface area contributed by atoms with Gasteiger partial charge in [0, 0.05) is 44.8 Å². The van der Waals surface area contributed by atoms with Crippen LogP contribution < -0.4 is 26.2 Å². The van der Waals surface area contributed by atoms with Crippen LogP contribution in [0.2, 0.25) is 0 Å². The first kappa shape index (κ1) is 47.5. The van der Waals surface area contributed by atoms with Crippen LogP contribution in [-0.2, 0) is 37.9 Å². The molecule has 0 bridgehead atoms. The molecule has 0 aromatic heterocycles. The summed E-state index contributed by atoms with van der Waals surface area (Å²) in [5.41, 5.74) is 27.7. The third kappa shape index (κ3) is 7.09. The van der Waals surface area contributed by atoms with E-state index in [-0.39, 0.29) is 44.6 Å². The average Bonchev–Trinajstić information content (AvgIpc) is 3.47. The Morgan fingerprint density at radius 3 is 1.42 bits per heavy atom. The summed E-state index contributed by atoms with van der Waals surface area (Å²) in [6, 6.07) is 50.9. The Labute approximate surface area is 428 Å². The zero-order valence-electron chi connectivity index (χ0n) is 46.3. The van der Waals surface area contributed by atoms with E-state index in [4.69, 9.17) is 0 Å². The van der Waals surface area contributed by atoms with Crippen LogP contribution in [0, 0.1) is 6.92 Å². The molecule has 2 aliphatic heterocycles. The highest BCUT2D eigenvalue weighted by molar-refractivity contribution is 7.00. The average molecular weight is 933 g/mol. The molecule has 0 fully saturated rings. The molecular formula is C68H77BN2. The van der Waals surface area contributed by atoms with Crippen molar-refractivity contribution in [3.8, 4) is 11.1 Å². The van der Waals surface area contributed by atoms with Crippen LogP contribution in [-0.4, -0.2) is 6.71 Å². The van der Waals surface area contributed by atoms with Gasteiger partial charge in [-0.3, -0.25) is 0 Å². The van der Waals surface area contributed by atoms with Gasteiger partial charge in [-0.1, -0.05) is 203 Å². The molecule has 362 valence electrons. The van der Waals surface area contributed by atoms with Crippen molar-refractivity contribution in [1.29, 1.82) is 0 Å². The van der Waals surface area contributed by atoms with Crippen LogP contribution >= 0.6 is 0 Å². The summed E-state index contributed by atoms with van der Waals surface area (Å²) in [4.78, 5) is 5.42. The van der Waals surface area contributed by atoms with Gasteiger partial charge in [0.05, 0.1) is 5.69 Å². The maximum atomic E-state index is 2.72. The molecule has 2 heterocycles. The molecular weight excluding hydrogens is 856 g/mol. The minimum atomic E-state index is -0.229. The second kappa shape index (κ2) is 15.1. The van der Waals surface area contributed by atoms with Gasteiger partial charge < -0.3 is 9.80 Å². The van der Waals surface area contributed by atoms with Crippen LogP contribution in [0.4, 0.5) is 34.1 Å². The summed E-state index contributed by atoms with van der Waals surface area (Å²) < 4.78 is 0. The van der Waals surface area contributed by atoms with Gasteiger partial charge in [-0.25, -0.2) is 0 Å². The fourth-order valence-corrected chi connectivity index (χ4v) is 13.8. The summed E-state index contributed by atoms with van der Waals surface area (Å²) in [7, 11) is 0. The second-order valence-electron chi connectivity index (χ2n) is 27.5. The van der Waals surface area contributed by atoms with Crippen molar-refractivity contribution in [2.75, 3.05) is 9.80 Å². The van der Waals surface area contributed by atoms with E-state index in [0.29, 0.717) is 0 Å². The Morgan fingerprint density at radius 2 is 0.859 bits per heavy atom. The standard InChI is InChI=1S/C68H77BN2/c1-41-32-49-50(66(13,14)40-65(49,11)12)38-57(41)71-56-31-29-44(63(5,6)7)34-53(56)69-54-37-51-52(68(17,18)48-27-23-22-26-47(48)67(51,15)16)39-58(54)70(59-35-45(64(8,9)10)36-60(71)61(59)69)55-30-28-43(62(2,3)4)33-46(55)42-24-20-19-21-25-42/h19-39H,40H2,1-18H3. The molecule has 0 spiro atoms. The predicted molar refractivity (Wildman–Crippen MR) is 308 cm³/mol. The highest BCUT2D eigenvalue weighted by Crippen LogP contribution is 2.56. The Morgan fingerprint density at radius 1 is 0.394 bits per heavy atom. The highest BCUT2D eigenvalue weighted by Gasteiger charge is 2.50. The number of hydrogen-bond acceptors (Lipinski definition) is 2. The SMILES string of the molecule is Cc1cc2c(cc1N1c3ccc(C(C)(C)C)cc3B3c4cc5c(cc4N(c4ccc(C(C)(C)C)cc4-c4ccccc4)c4cc(C(C)(C)C)cc1c43)C(C)(C)c1ccccc1C5(C)C)C(C)(C)CC2(C)C. The van der Waals surface area contributed by atoms with Gasteiger partial charge in [0.1, 0.15) is 0 Å². The largest absolute Gasteiger partial charge is 0.311 e. The fraction of sp³-hybridized carbons (Fsp3) is 0.382. The number of aryl methyl sites for hydroxylation is 1. The van der Waals surface area contributed by atoms with Gasteiger partial charge in [0.15, 0.2) is 0 Å². The molecule has 2 aliphatic carbocycles. The minimum absolute atomic E-state index is 0.0191. The van der Waals surface area contributed by atoms with Gasteiger partial charge in [0.2, 0.25) is 0 Å². The van der Waals surface area contributed by atoms with Gasteiger partial charge in [-0.2, -0.15) is 0 Å². The number of hydrogen-bond donors (Lipinski definition) is 0. The maximum absolute atomic E-state index is 2.72. The topological polar surface area (TPSA) is 6.48 Å². The zero-order valence-corrected chi connectivity index (χ0v) is 46.3. The number of benzene rings is 7. The van der Waals surface area contributed by atoms with Crippen molar-refractivity contribution in [3.05, 3.63) is 183 Å². The van der Waals surface area contributed by atoms with Crippen molar-refractivity contribution in [3.63, 3.8) is 0 Å². The first-order valence-corrected chi connectivity index (χ1v) is 26.6. The number of anilines is 6. The minimum Gasteiger partial charge on any atom is -0.311 e. The van der Waals surface area contributed by atoms with Gasteiger partial charge in [0.25, 0.3) is 6.71 Å². The quantitative estimate of drug-likeness (QED) is 0.163. The second-order valence-corrected chi connectivity index (χ2v) is 27.5. The van der Waals surface area contributed by atoms with E-state index in [0.717, 1.165) is 6.42 Å². The zero-order chi connectivity index (χ0) is 50.9. The molecule has 3 heteroatoms. The molecule has 0 radical (unpaired) electrons. The number of nitrogens with zero attached hydrogens (tertiary/aromatic N) is 2. The van der Waals surface area contributed by atoms with Crippen LogP contribution in [0.1, 0.15) is 180 Å². The van der Waals surface area contributed by atoms with Crippen molar-refractivity contribution < 1.29 is 0 Å². The van der Waals surface area contributed by atoms with E-state index < -0.39 is 0 Å². The van der Waals surface area contributed by atoms with E-state index in [1.807, 2.05) is 0 Å². The lowest BCUT2D eigenvalue weighted by Crippen LogP contribution is -2.62. The molecule has 0 saturated heterocycles. The number of rotatable bonds is 3. The van der Waals surface area contributed by atoms with Crippen molar-refractivity contribution >= 4 is 57.2 Å². The molecule has 7 aromatic rings. The van der Waals surface area contributed by atoms with Crippen LogP contribution in [0.3, 0.4) is 0 Å². The normalized spacial score (nSPS) is 17.7. The monoisotopic (exact) mass is 933 g/mol. The molecule has 2 nitrogen and oxygen atoms in total. The fourth-order valence-electron chi connectivity index (χ4n) is 13.8. The van der Waals surface area contributed by atoms with Crippen molar-refractivity contribution in [2.24, 2.45) is 0 Å². The summed E-state index contributed by atoms with van der Waals surface area (Å²) >= 11 is 0. The smallest absolute Gasteiger partial charge is 0.252 e. The first-order valence-electron chi connectivity index (χ1n) is 26.6. The Bertz CT molecular complexity index is 3360. The third-order valence-corrected chi connectivity index (χ3v) is 17.7. The van der Waals surface area contributed by atoms with Crippen molar-refractivity contribution in [1.82, 2.24) is 0 Å². The lowest BCUT2D eigenvalue weighted by molar-refractivity contribution is 0.403. The van der Waals surface area contributed by atoms with E-state index in [1.54, 1.807) is 0 Å². The summed E-state index contributed by atoms with van der Waals surface area (Å²) in [6.45, 7) is 43.4. The Hall–Kier alpha value is -5.80. The molecule has 0 unspecified atom stereocenters. The molecule has 71 heavy (non-hydrogen) atoms. The van der Waals surface area contributed by atoms with E-state index in [2.05, 4.69) is 262 Å². The highest BCUT2D eigenvalue weighted by atomic mass is 15.2. The Kier molecular flexibility index (Phi) is 10.1. The first-order chi connectivity index (χ1) is 33.0. The lowest BCUT2D eigenvalue weighted by atomic mass is 9.32. The van der Waals surface area contributed by atoms with E-state index >= 15 is 0 Å². The van der Waals surface area contributed by atoms with Crippen LogP contribution in [0.25, 0.3) is 11.1 Å². The van der Waals surface area contributed by atoms with Gasteiger partial charge in [-0.15, -0.1) is 0 Å². The van der Waals surface area contributed by atoms with E-state index in [9.17, 15) is 0 Å². The summed E-state index contributed by atoms with van der Waals surface area (Å²) in [6.07, 6.45) is 1.13. The summed E-state index contributed by atoms with van der Waals surface area (Å²) in [5.74, 6) is 0. The molecule has 11 rings (SSSR count). The molecule has 0 amide bonds. The molecule has 0 N–H and O–H groups in total. The third-order valence-electron chi connectivity index (χ3n) is 17.7. The molecule has 0 atom stereocenters. The molecule has 0 saturated carbocycles. The summed E-state index contributed by atoms with van der Waals surface area (Å²) in [5, 5.41) is 0. The number of fused-ring (bicyclic) bond motifs is 7. The van der Waals surface area contributed by atoms with Gasteiger partial charge in [-0.05, 0) is 160 Å².